The van der Waals surface area contributed by atoms with Gasteiger partial charge >= 0.3 is 6.03 Å². The first-order chi connectivity index (χ1) is 10.8. The van der Waals surface area contributed by atoms with E-state index in [1.807, 2.05) is 29.2 Å². The fourth-order valence-electron chi connectivity index (χ4n) is 2.52. The lowest BCUT2D eigenvalue weighted by Gasteiger charge is -2.34. The predicted octanol–water partition coefficient (Wildman–Crippen LogP) is 1.70. The lowest BCUT2D eigenvalue weighted by atomic mass is 10.2. The highest BCUT2D eigenvalue weighted by atomic mass is 16.3. The minimum Gasteiger partial charge on any atom is -0.468 e. The summed E-state index contributed by atoms with van der Waals surface area (Å²) in [5.41, 5.74) is 1.06. The molecule has 3 rings (SSSR count). The van der Waals surface area contributed by atoms with Crippen molar-refractivity contribution < 1.29 is 9.21 Å². The standard InChI is InChI=1S/C16H20N4O2/c21-16(18-12-14-3-5-17-6-4-14)20-9-7-19(8-10-20)13-15-2-1-11-22-15/h1-6,11H,7-10,12-13H2,(H,18,21). The van der Waals surface area contributed by atoms with E-state index in [0.717, 1.165) is 44.0 Å². The Morgan fingerprint density at radius 1 is 1.18 bits per heavy atom. The van der Waals surface area contributed by atoms with Crippen LogP contribution in [0.2, 0.25) is 0 Å². The summed E-state index contributed by atoms with van der Waals surface area (Å²) in [5.74, 6) is 0.968. The first-order valence-corrected chi connectivity index (χ1v) is 7.48. The molecule has 3 heterocycles. The molecule has 1 aliphatic rings. The van der Waals surface area contributed by atoms with Gasteiger partial charge in [0.15, 0.2) is 0 Å². The number of urea groups is 1. The first kappa shape index (κ1) is 14.6. The average molecular weight is 300 g/mol. The monoisotopic (exact) mass is 300 g/mol. The van der Waals surface area contributed by atoms with Gasteiger partial charge in [0.1, 0.15) is 5.76 Å². The van der Waals surface area contributed by atoms with Crippen LogP contribution in [0.1, 0.15) is 11.3 Å². The lowest BCUT2D eigenvalue weighted by molar-refractivity contribution is 0.130. The van der Waals surface area contributed by atoms with Crippen molar-refractivity contribution in [1.29, 1.82) is 0 Å². The third-order valence-electron chi connectivity index (χ3n) is 3.81. The van der Waals surface area contributed by atoms with Crippen LogP contribution < -0.4 is 5.32 Å². The minimum absolute atomic E-state index is 0.00513. The largest absolute Gasteiger partial charge is 0.468 e. The summed E-state index contributed by atoms with van der Waals surface area (Å²) in [5, 5.41) is 2.95. The van der Waals surface area contributed by atoms with Gasteiger partial charge in [0.2, 0.25) is 0 Å². The Morgan fingerprint density at radius 3 is 2.64 bits per heavy atom. The van der Waals surface area contributed by atoms with E-state index in [4.69, 9.17) is 4.42 Å². The van der Waals surface area contributed by atoms with E-state index in [1.165, 1.54) is 0 Å². The molecule has 0 unspecified atom stereocenters. The zero-order valence-electron chi connectivity index (χ0n) is 12.4. The number of furan rings is 1. The van der Waals surface area contributed by atoms with Crippen LogP contribution >= 0.6 is 0 Å². The summed E-state index contributed by atoms with van der Waals surface area (Å²) >= 11 is 0. The van der Waals surface area contributed by atoms with Crippen molar-refractivity contribution in [2.75, 3.05) is 26.2 Å². The van der Waals surface area contributed by atoms with Gasteiger partial charge in [-0.2, -0.15) is 0 Å². The molecule has 2 amide bonds. The van der Waals surface area contributed by atoms with E-state index in [2.05, 4.69) is 15.2 Å². The highest BCUT2D eigenvalue weighted by molar-refractivity contribution is 5.74. The summed E-state index contributed by atoms with van der Waals surface area (Å²) in [7, 11) is 0. The second-order valence-corrected chi connectivity index (χ2v) is 5.36. The van der Waals surface area contributed by atoms with Crippen molar-refractivity contribution in [1.82, 2.24) is 20.1 Å². The number of nitrogens with zero attached hydrogens (tertiary/aromatic N) is 3. The number of pyridine rings is 1. The van der Waals surface area contributed by atoms with E-state index in [0.29, 0.717) is 6.54 Å². The van der Waals surface area contributed by atoms with Gasteiger partial charge in [-0.15, -0.1) is 0 Å². The van der Waals surface area contributed by atoms with E-state index < -0.39 is 0 Å². The van der Waals surface area contributed by atoms with E-state index in [9.17, 15) is 4.79 Å². The third kappa shape index (κ3) is 3.85. The van der Waals surface area contributed by atoms with Crippen molar-refractivity contribution in [2.45, 2.75) is 13.1 Å². The van der Waals surface area contributed by atoms with E-state index in [1.54, 1.807) is 18.7 Å². The smallest absolute Gasteiger partial charge is 0.317 e. The van der Waals surface area contributed by atoms with Crippen LogP contribution in [-0.2, 0) is 13.1 Å². The van der Waals surface area contributed by atoms with Crippen LogP contribution in [0.15, 0.2) is 47.3 Å². The fraction of sp³-hybridized carbons (Fsp3) is 0.375. The molecule has 1 N–H and O–H groups in total. The summed E-state index contributed by atoms with van der Waals surface area (Å²) in [6, 6.07) is 7.68. The number of hydrogen-bond donors (Lipinski definition) is 1. The number of carbonyl (C=O) groups is 1. The maximum absolute atomic E-state index is 12.2. The number of rotatable bonds is 4. The second-order valence-electron chi connectivity index (χ2n) is 5.36. The second kappa shape index (κ2) is 7.09. The molecule has 0 aliphatic carbocycles. The Labute approximate surface area is 129 Å². The molecule has 0 aromatic carbocycles. The van der Waals surface area contributed by atoms with Gasteiger partial charge < -0.3 is 14.6 Å². The number of nitrogens with one attached hydrogen (secondary N) is 1. The van der Waals surface area contributed by atoms with Crippen molar-refractivity contribution in [2.24, 2.45) is 0 Å². The molecule has 22 heavy (non-hydrogen) atoms. The maximum Gasteiger partial charge on any atom is 0.317 e. The van der Waals surface area contributed by atoms with Crippen molar-refractivity contribution >= 4 is 6.03 Å². The van der Waals surface area contributed by atoms with Crippen LogP contribution in [0.25, 0.3) is 0 Å². The predicted molar refractivity (Wildman–Crippen MR) is 82.0 cm³/mol. The molecule has 0 saturated carbocycles. The molecule has 6 heteroatoms. The molecule has 0 spiro atoms. The number of amides is 2. The van der Waals surface area contributed by atoms with Crippen molar-refractivity contribution in [3.8, 4) is 0 Å². The molecule has 0 radical (unpaired) electrons. The van der Waals surface area contributed by atoms with Gasteiger partial charge in [0.05, 0.1) is 12.8 Å². The van der Waals surface area contributed by atoms with Gasteiger partial charge in [0.25, 0.3) is 0 Å². The molecule has 2 aromatic heterocycles. The molecular weight excluding hydrogens is 280 g/mol. The summed E-state index contributed by atoms with van der Waals surface area (Å²) < 4.78 is 5.36. The normalized spacial score (nSPS) is 15.7. The van der Waals surface area contributed by atoms with Crippen LogP contribution in [0, 0.1) is 0 Å². The van der Waals surface area contributed by atoms with Gasteiger partial charge in [-0.1, -0.05) is 0 Å². The third-order valence-corrected chi connectivity index (χ3v) is 3.81. The quantitative estimate of drug-likeness (QED) is 0.933. The number of aromatic nitrogens is 1. The topological polar surface area (TPSA) is 61.6 Å². The number of carbonyl (C=O) groups excluding carboxylic acids is 1. The average Bonchev–Trinajstić information content (AvgIpc) is 3.07. The lowest BCUT2D eigenvalue weighted by Crippen LogP contribution is -2.51. The van der Waals surface area contributed by atoms with Gasteiger partial charge in [-0.3, -0.25) is 9.88 Å². The van der Waals surface area contributed by atoms with E-state index >= 15 is 0 Å². The molecule has 116 valence electrons. The minimum atomic E-state index is -0.00513. The van der Waals surface area contributed by atoms with Crippen LogP contribution in [0.5, 0.6) is 0 Å². The molecule has 0 atom stereocenters. The van der Waals surface area contributed by atoms with Crippen LogP contribution in [0.4, 0.5) is 4.79 Å². The van der Waals surface area contributed by atoms with Gasteiger partial charge in [-0.25, -0.2) is 4.79 Å². The van der Waals surface area contributed by atoms with Crippen molar-refractivity contribution in [3.05, 3.63) is 54.2 Å². The van der Waals surface area contributed by atoms with E-state index in [-0.39, 0.29) is 6.03 Å². The van der Waals surface area contributed by atoms with Gasteiger partial charge in [-0.05, 0) is 29.8 Å². The summed E-state index contributed by atoms with van der Waals surface area (Å²) in [4.78, 5) is 20.3. The van der Waals surface area contributed by atoms with Crippen molar-refractivity contribution in [3.63, 3.8) is 0 Å². The molecular formula is C16H20N4O2. The van der Waals surface area contributed by atoms with Gasteiger partial charge in [0, 0.05) is 45.1 Å². The summed E-state index contributed by atoms with van der Waals surface area (Å²) in [6.45, 7) is 4.55. The summed E-state index contributed by atoms with van der Waals surface area (Å²) in [6.07, 6.45) is 5.15. The Bertz CT molecular complexity index is 577. The fourth-order valence-corrected chi connectivity index (χ4v) is 2.52. The Morgan fingerprint density at radius 2 is 1.95 bits per heavy atom. The zero-order chi connectivity index (χ0) is 15.2. The highest BCUT2D eigenvalue weighted by Crippen LogP contribution is 2.09. The number of piperazine rings is 1. The number of hydrogen-bond acceptors (Lipinski definition) is 4. The molecule has 1 aliphatic heterocycles. The SMILES string of the molecule is O=C(NCc1ccncc1)N1CCN(Cc2ccco2)CC1. The van der Waals surface area contributed by atoms with Crippen LogP contribution in [0.3, 0.4) is 0 Å². The zero-order valence-corrected chi connectivity index (χ0v) is 12.4. The molecule has 1 fully saturated rings. The maximum atomic E-state index is 12.2. The first-order valence-electron chi connectivity index (χ1n) is 7.48. The Kier molecular flexibility index (Phi) is 4.70. The molecule has 2 aromatic rings. The molecule has 0 bridgehead atoms. The highest BCUT2D eigenvalue weighted by Gasteiger charge is 2.21. The Hall–Kier alpha value is -2.34. The van der Waals surface area contributed by atoms with Crippen LogP contribution in [-0.4, -0.2) is 47.0 Å². The molecule has 1 saturated heterocycles. The molecule has 6 nitrogen and oxygen atoms in total. The Balaban J connectivity index is 1.42.